The second kappa shape index (κ2) is 17.4. The molecule has 70 heavy (non-hydrogen) atoms. The Bertz CT molecular complexity index is 4010. The minimum atomic E-state index is 0.876. The number of benzene rings is 12. The number of fused-ring (bicyclic) bond motifs is 5. The summed E-state index contributed by atoms with van der Waals surface area (Å²) in [6.45, 7) is 0. The van der Waals surface area contributed by atoms with Crippen molar-refractivity contribution in [2.75, 3.05) is 4.90 Å². The summed E-state index contributed by atoms with van der Waals surface area (Å²) in [6, 6.07) is 98.4. The van der Waals surface area contributed by atoms with E-state index in [2.05, 4.69) is 272 Å². The normalized spacial score (nSPS) is 11.4. The molecule has 0 amide bonds. The smallest absolute Gasteiger partial charge is 0.143 e. The van der Waals surface area contributed by atoms with Gasteiger partial charge in [-0.1, -0.05) is 218 Å². The zero-order valence-corrected chi connectivity index (χ0v) is 38.3. The maximum absolute atomic E-state index is 6.62. The number of anilines is 3. The molecule has 0 aliphatic carbocycles. The summed E-state index contributed by atoms with van der Waals surface area (Å²) in [6.07, 6.45) is 0. The first-order valence-electron chi connectivity index (χ1n) is 24.0. The summed E-state index contributed by atoms with van der Waals surface area (Å²) in [5, 5.41) is 8.66. The summed E-state index contributed by atoms with van der Waals surface area (Å²) in [5.74, 6) is 0.876. The van der Waals surface area contributed by atoms with E-state index >= 15 is 0 Å². The van der Waals surface area contributed by atoms with Gasteiger partial charge < -0.3 is 9.32 Å². The molecule has 13 aromatic rings. The number of rotatable bonds is 9. The standard InChI is InChI=1S/C68H45NO/c1-2-15-52(16-3-1)67-64-25-10-11-27-66(64)70-68(67)55-20-12-19-53(44-55)48-34-40-57(41-35-48)69(58-42-36-51(37-43-58)65-45-54-17-5-7-22-61(54)62-23-8-9-24-63(62)65)56-38-32-47(33-39-56)46-28-30-50(31-29-46)60-26-13-18-49-14-4-6-21-59(49)60/h1-45H. The maximum Gasteiger partial charge on any atom is 0.143 e. The van der Waals surface area contributed by atoms with Crippen LogP contribution in [-0.4, -0.2) is 0 Å². The fraction of sp³-hybridized carbons (Fsp3) is 0. The van der Waals surface area contributed by atoms with Gasteiger partial charge in [0.15, 0.2) is 0 Å². The van der Waals surface area contributed by atoms with Crippen LogP contribution in [0.3, 0.4) is 0 Å². The van der Waals surface area contributed by atoms with Crippen molar-refractivity contribution in [1.82, 2.24) is 0 Å². The summed E-state index contributed by atoms with van der Waals surface area (Å²) < 4.78 is 6.62. The zero-order chi connectivity index (χ0) is 46.4. The molecule has 0 unspecified atom stereocenters. The highest BCUT2D eigenvalue weighted by atomic mass is 16.3. The van der Waals surface area contributed by atoms with Crippen LogP contribution in [0.2, 0.25) is 0 Å². The summed E-state index contributed by atoms with van der Waals surface area (Å²) >= 11 is 0. The predicted octanol–water partition coefficient (Wildman–Crippen LogP) is 19.4. The van der Waals surface area contributed by atoms with Gasteiger partial charge in [-0.05, 0) is 137 Å². The molecule has 13 rings (SSSR count). The fourth-order valence-electron chi connectivity index (χ4n) is 10.4. The molecule has 0 spiro atoms. The molecule has 0 saturated heterocycles. The van der Waals surface area contributed by atoms with Crippen LogP contribution in [0.4, 0.5) is 17.1 Å². The number of hydrogen-bond donors (Lipinski definition) is 0. The Balaban J connectivity index is 0.863. The average Bonchev–Trinajstić information content (AvgIpc) is 3.84. The van der Waals surface area contributed by atoms with E-state index in [9.17, 15) is 0 Å². The number of hydrogen-bond acceptors (Lipinski definition) is 2. The van der Waals surface area contributed by atoms with Gasteiger partial charge >= 0.3 is 0 Å². The van der Waals surface area contributed by atoms with Crippen molar-refractivity contribution in [3.05, 3.63) is 273 Å². The van der Waals surface area contributed by atoms with E-state index in [0.29, 0.717) is 0 Å². The van der Waals surface area contributed by atoms with Gasteiger partial charge in [-0.25, -0.2) is 0 Å². The SMILES string of the molecule is c1ccc(-c2c(-c3cccc(-c4ccc(N(c5ccc(-c6ccc(-c7cccc8ccccc78)cc6)cc5)c5ccc(-c6cc7ccccc7c7ccccc67)cc5)cc4)c3)oc3ccccc23)cc1. The summed E-state index contributed by atoms with van der Waals surface area (Å²) in [5.41, 5.74) is 16.9. The highest BCUT2D eigenvalue weighted by molar-refractivity contribution is 6.14. The van der Waals surface area contributed by atoms with Crippen molar-refractivity contribution in [2.45, 2.75) is 0 Å². The second-order valence-corrected chi connectivity index (χ2v) is 18.0. The van der Waals surface area contributed by atoms with Crippen molar-refractivity contribution in [2.24, 2.45) is 0 Å². The molecule has 0 fully saturated rings. The quantitative estimate of drug-likeness (QED) is 0.134. The molecular formula is C68H45NO. The van der Waals surface area contributed by atoms with Crippen LogP contribution < -0.4 is 4.90 Å². The Morgan fingerprint density at radius 2 is 0.700 bits per heavy atom. The van der Waals surface area contributed by atoms with Crippen LogP contribution in [0.1, 0.15) is 0 Å². The van der Waals surface area contributed by atoms with Gasteiger partial charge in [-0.3, -0.25) is 0 Å². The first kappa shape index (κ1) is 41.0. The third-order valence-electron chi connectivity index (χ3n) is 13.9. The zero-order valence-electron chi connectivity index (χ0n) is 38.3. The van der Waals surface area contributed by atoms with Gasteiger partial charge in [0.05, 0.1) is 0 Å². The third kappa shape index (κ3) is 7.40. The van der Waals surface area contributed by atoms with E-state index in [1.165, 1.54) is 65.7 Å². The molecule has 0 saturated carbocycles. The number of nitrogens with zero attached hydrogens (tertiary/aromatic N) is 1. The topological polar surface area (TPSA) is 16.4 Å². The highest BCUT2D eigenvalue weighted by Gasteiger charge is 2.19. The van der Waals surface area contributed by atoms with Crippen LogP contribution in [0.25, 0.3) is 110 Å². The summed E-state index contributed by atoms with van der Waals surface area (Å²) in [4.78, 5) is 2.36. The van der Waals surface area contributed by atoms with Gasteiger partial charge in [0, 0.05) is 33.6 Å². The van der Waals surface area contributed by atoms with Gasteiger partial charge in [0.1, 0.15) is 11.3 Å². The highest BCUT2D eigenvalue weighted by Crippen LogP contribution is 2.43. The van der Waals surface area contributed by atoms with Gasteiger partial charge in [0.25, 0.3) is 0 Å². The Labute approximate surface area is 407 Å². The molecule has 328 valence electrons. The van der Waals surface area contributed by atoms with E-state index in [1.54, 1.807) is 0 Å². The first-order chi connectivity index (χ1) is 34.7. The average molecular weight is 892 g/mol. The van der Waals surface area contributed by atoms with Crippen molar-refractivity contribution in [3.63, 3.8) is 0 Å². The molecule has 12 aromatic carbocycles. The van der Waals surface area contributed by atoms with Crippen LogP contribution in [-0.2, 0) is 0 Å². The number of para-hydroxylation sites is 1. The third-order valence-corrected chi connectivity index (χ3v) is 13.9. The Morgan fingerprint density at radius 3 is 1.40 bits per heavy atom. The largest absolute Gasteiger partial charge is 0.455 e. The van der Waals surface area contributed by atoms with Crippen LogP contribution in [0.5, 0.6) is 0 Å². The summed E-state index contributed by atoms with van der Waals surface area (Å²) in [7, 11) is 0. The van der Waals surface area contributed by atoms with Crippen LogP contribution in [0.15, 0.2) is 277 Å². The lowest BCUT2D eigenvalue weighted by Gasteiger charge is -2.26. The lowest BCUT2D eigenvalue weighted by atomic mass is 9.93. The maximum atomic E-state index is 6.62. The van der Waals surface area contributed by atoms with Gasteiger partial charge in [0.2, 0.25) is 0 Å². The molecule has 0 atom stereocenters. The van der Waals surface area contributed by atoms with Crippen molar-refractivity contribution in [1.29, 1.82) is 0 Å². The molecule has 0 aliphatic heterocycles. The molecular weight excluding hydrogens is 847 g/mol. The second-order valence-electron chi connectivity index (χ2n) is 18.0. The molecule has 0 aliphatic rings. The lowest BCUT2D eigenvalue weighted by Crippen LogP contribution is -2.09. The van der Waals surface area contributed by atoms with E-state index in [0.717, 1.165) is 61.6 Å². The first-order valence-corrected chi connectivity index (χ1v) is 24.0. The monoisotopic (exact) mass is 891 g/mol. The van der Waals surface area contributed by atoms with Crippen molar-refractivity contribution < 1.29 is 4.42 Å². The Morgan fingerprint density at radius 1 is 0.243 bits per heavy atom. The minimum absolute atomic E-state index is 0.876. The van der Waals surface area contributed by atoms with Crippen LogP contribution in [0, 0.1) is 0 Å². The fourth-order valence-corrected chi connectivity index (χ4v) is 10.4. The Kier molecular flexibility index (Phi) is 10.2. The van der Waals surface area contributed by atoms with Crippen LogP contribution >= 0.6 is 0 Å². The van der Waals surface area contributed by atoms with E-state index in [1.807, 2.05) is 6.07 Å². The van der Waals surface area contributed by atoms with Crippen molar-refractivity contribution in [3.8, 4) is 67.0 Å². The molecule has 1 aromatic heterocycles. The molecule has 0 N–H and O–H groups in total. The predicted molar refractivity (Wildman–Crippen MR) is 296 cm³/mol. The molecule has 1 heterocycles. The molecule has 2 nitrogen and oxygen atoms in total. The minimum Gasteiger partial charge on any atom is -0.455 e. The van der Waals surface area contributed by atoms with Gasteiger partial charge in [-0.2, -0.15) is 0 Å². The molecule has 0 radical (unpaired) electrons. The Hall–Kier alpha value is -9.24. The lowest BCUT2D eigenvalue weighted by molar-refractivity contribution is 0.632. The molecule has 2 heteroatoms. The number of furan rings is 1. The van der Waals surface area contributed by atoms with E-state index in [-0.39, 0.29) is 0 Å². The van der Waals surface area contributed by atoms with Gasteiger partial charge in [-0.15, -0.1) is 0 Å². The molecule has 0 bridgehead atoms. The van der Waals surface area contributed by atoms with Crippen molar-refractivity contribution >= 4 is 60.3 Å². The van der Waals surface area contributed by atoms with E-state index in [4.69, 9.17) is 4.42 Å². The van der Waals surface area contributed by atoms with E-state index < -0.39 is 0 Å².